The highest BCUT2D eigenvalue weighted by Crippen LogP contribution is 2.26. The normalized spacial score (nSPS) is 17.2. The van der Waals surface area contributed by atoms with E-state index >= 15 is 0 Å². The average Bonchev–Trinajstić information content (AvgIpc) is 2.96. The van der Waals surface area contributed by atoms with Crippen molar-refractivity contribution in [1.82, 2.24) is 30.4 Å². The van der Waals surface area contributed by atoms with E-state index in [-0.39, 0.29) is 17.5 Å². The lowest BCUT2D eigenvalue weighted by Gasteiger charge is -2.21. The lowest BCUT2D eigenvalue weighted by Crippen LogP contribution is -2.39. The Kier molecular flexibility index (Phi) is 3.98. The zero-order chi connectivity index (χ0) is 14.9. The number of nitrogens with one attached hydrogen (secondary N) is 1. The summed E-state index contributed by atoms with van der Waals surface area (Å²) in [5.41, 5.74) is -0.264. The van der Waals surface area contributed by atoms with Crippen LogP contribution in [0.1, 0.15) is 27.7 Å². The molecule has 3 amide bonds. The van der Waals surface area contributed by atoms with E-state index in [1.165, 1.54) is 16.7 Å². The molecule has 1 N–H and O–H groups in total. The van der Waals surface area contributed by atoms with Crippen LogP contribution in [-0.4, -0.2) is 55.4 Å². The lowest BCUT2D eigenvalue weighted by atomic mass is 10.1. The molecule has 1 aliphatic rings. The molecule has 1 aliphatic heterocycles. The van der Waals surface area contributed by atoms with Gasteiger partial charge in [0.15, 0.2) is 0 Å². The Labute approximate surface area is 121 Å². The number of nitrogens with zero attached hydrogens (tertiary/aromatic N) is 5. The molecule has 1 atom stereocenters. The molecule has 1 aromatic heterocycles. The summed E-state index contributed by atoms with van der Waals surface area (Å²) in [7, 11) is 0. The first kappa shape index (κ1) is 14.8. The molecule has 0 radical (unpaired) electrons. The van der Waals surface area contributed by atoms with Gasteiger partial charge in [-0.15, -0.1) is 5.10 Å². The monoisotopic (exact) mass is 298 g/mol. The molecule has 0 spiro atoms. The zero-order valence-electron chi connectivity index (χ0n) is 12.0. The molecule has 1 aromatic rings. The number of carbonyl (C=O) groups excluding carboxylic acids is 2. The number of urea groups is 1. The SMILES string of the molecule is C[C@H](Sc1nnnn1C(C)(C)C)C(=O)N1CCNC1=O. The smallest absolute Gasteiger partial charge is 0.324 e. The van der Waals surface area contributed by atoms with Crippen molar-refractivity contribution in [2.24, 2.45) is 0 Å². The van der Waals surface area contributed by atoms with Gasteiger partial charge in [-0.2, -0.15) is 0 Å². The summed E-state index contributed by atoms with van der Waals surface area (Å²) < 4.78 is 1.67. The van der Waals surface area contributed by atoms with Crippen LogP contribution < -0.4 is 5.32 Å². The standard InChI is InChI=1S/C11H18N6O2S/c1-7(8(18)16-6-5-12-9(16)19)20-10-13-14-15-17(10)11(2,3)4/h7H,5-6H2,1-4H3,(H,12,19)/t7-/m0/s1. The maximum absolute atomic E-state index is 12.2. The quantitative estimate of drug-likeness (QED) is 0.815. The van der Waals surface area contributed by atoms with E-state index in [0.29, 0.717) is 18.2 Å². The highest BCUT2D eigenvalue weighted by atomic mass is 32.2. The van der Waals surface area contributed by atoms with E-state index in [1.54, 1.807) is 11.6 Å². The summed E-state index contributed by atoms with van der Waals surface area (Å²) in [5.74, 6) is -0.228. The fourth-order valence-electron chi connectivity index (χ4n) is 1.78. The first-order valence-electron chi connectivity index (χ1n) is 6.35. The van der Waals surface area contributed by atoms with Crippen molar-refractivity contribution in [2.75, 3.05) is 13.1 Å². The average molecular weight is 298 g/mol. The van der Waals surface area contributed by atoms with Gasteiger partial charge in [-0.3, -0.25) is 9.69 Å². The molecule has 20 heavy (non-hydrogen) atoms. The fourth-order valence-corrected chi connectivity index (χ4v) is 2.82. The number of hydrogen-bond acceptors (Lipinski definition) is 6. The maximum Gasteiger partial charge on any atom is 0.324 e. The number of aromatic nitrogens is 4. The second-order valence-corrected chi connectivity index (χ2v) is 6.83. The Morgan fingerprint density at radius 3 is 2.70 bits per heavy atom. The summed E-state index contributed by atoms with van der Waals surface area (Å²) in [6, 6.07) is -0.335. The lowest BCUT2D eigenvalue weighted by molar-refractivity contribution is -0.126. The van der Waals surface area contributed by atoms with Gasteiger partial charge >= 0.3 is 6.03 Å². The van der Waals surface area contributed by atoms with Crippen LogP contribution in [0.4, 0.5) is 4.79 Å². The first-order valence-corrected chi connectivity index (χ1v) is 7.23. The highest BCUT2D eigenvalue weighted by molar-refractivity contribution is 8.00. The van der Waals surface area contributed by atoms with Crippen LogP contribution in [0.5, 0.6) is 0 Å². The van der Waals surface area contributed by atoms with Gasteiger partial charge in [0, 0.05) is 13.1 Å². The fraction of sp³-hybridized carbons (Fsp3) is 0.727. The highest BCUT2D eigenvalue weighted by Gasteiger charge is 2.32. The predicted molar refractivity (Wildman–Crippen MR) is 73.2 cm³/mol. The number of tetrazole rings is 1. The molecule has 8 nitrogen and oxygen atoms in total. The van der Waals surface area contributed by atoms with Crippen LogP contribution in [0, 0.1) is 0 Å². The molecular formula is C11H18N6O2S. The molecule has 0 bridgehead atoms. The largest absolute Gasteiger partial charge is 0.336 e. The number of amides is 3. The van der Waals surface area contributed by atoms with Crippen LogP contribution >= 0.6 is 11.8 Å². The van der Waals surface area contributed by atoms with Crippen molar-refractivity contribution in [3.63, 3.8) is 0 Å². The Morgan fingerprint density at radius 2 is 2.15 bits per heavy atom. The van der Waals surface area contributed by atoms with Crippen LogP contribution in [-0.2, 0) is 10.3 Å². The molecule has 2 heterocycles. The Bertz CT molecular complexity index is 523. The van der Waals surface area contributed by atoms with E-state index in [1.807, 2.05) is 20.8 Å². The number of hydrogen-bond donors (Lipinski definition) is 1. The van der Waals surface area contributed by atoms with E-state index in [2.05, 4.69) is 20.8 Å². The third-order valence-corrected chi connectivity index (χ3v) is 3.85. The van der Waals surface area contributed by atoms with Gasteiger partial charge in [0.25, 0.3) is 0 Å². The van der Waals surface area contributed by atoms with E-state index in [0.717, 1.165) is 0 Å². The second kappa shape index (κ2) is 5.39. The Balaban J connectivity index is 2.08. The van der Waals surface area contributed by atoms with Crippen molar-refractivity contribution in [2.45, 2.75) is 43.6 Å². The zero-order valence-corrected chi connectivity index (χ0v) is 12.8. The Morgan fingerprint density at radius 1 is 1.45 bits per heavy atom. The molecule has 0 aliphatic carbocycles. The van der Waals surface area contributed by atoms with Crippen molar-refractivity contribution in [3.8, 4) is 0 Å². The summed E-state index contributed by atoms with van der Waals surface area (Å²) in [4.78, 5) is 24.9. The van der Waals surface area contributed by atoms with Crippen LogP contribution in [0.2, 0.25) is 0 Å². The van der Waals surface area contributed by atoms with Gasteiger partial charge in [0.1, 0.15) is 0 Å². The van der Waals surface area contributed by atoms with Crippen molar-refractivity contribution in [3.05, 3.63) is 0 Å². The molecule has 1 saturated heterocycles. The molecule has 1 fully saturated rings. The number of carbonyl (C=O) groups is 2. The second-order valence-electron chi connectivity index (χ2n) is 5.53. The topological polar surface area (TPSA) is 93.0 Å². The van der Waals surface area contributed by atoms with Gasteiger partial charge < -0.3 is 5.32 Å². The van der Waals surface area contributed by atoms with Crippen LogP contribution in [0.3, 0.4) is 0 Å². The van der Waals surface area contributed by atoms with Crippen molar-refractivity contribution >= 4 is 23.7 Å². The molecular weight excluding hydrogens is 280 g/mol. The summed E-state index contributed by atoms with van der Waals surface area (Å²) in [6.45, 7) is 8.60. The molecule has 110 valence electrons. The number of imide groups is 1. The third kappa shape index (κ3) is 2.92. The molecule has 2 rings (SSSR count). The van der Waals surface area contributed by atoms with E-state index in [9.17, 15) is 9.59 Å². The number of thioether (sulfide) groups is 1. The van der Waals surface area contributed by atoms with Crippen LogP contribution in [0.15, 0.2) is 5.16 Å². The van der Waals surface area contributed by atoms with Gasteiger partial charge in [0.05, 0.1) is 10.8 Å². The third-order valence-electron chi connectivity index (χ3n) is 2.83. The summed E-state index contributed by atoms with van der Waals surface area (Å²) in [5, 5.41) is 14.3. The minimum atomic E-state index is -0.425. The van der Waals surface area contributed by atoms with E-state index in [4.69, 9.17) is 0 Å². The van der Waals surface area contributed by atoms with Gasteiger partial charge in [0.2, 0.25) is 11.1 Å². The molecule has 0 aromatic carbocycles. The predicted octanol–water partition coefficient (Wildman–Crippen LogP) is 0.460. The molecule has 9 heteroatoms. The number of rotatable bonds is 3. The van der Waals surface area contributed by atoms with E-state index < -0.39 is 5.25 Å². The van der Waals surface area contributed by atoms with Gasteiger partial charge in [-0.1, -0.05) is 11.8 Å². The summed E-state index contributed by atoms with van der Waals surface area (Å²) in [6.07, 6.45) is 0. The van der Waals surface area contributed by atoms with Gasteiger partial charge in [-0.05, 0) is 38.1 Å². The molecule has 0 saturated carbocycles. The van der Waals surface area contributed by atoms with Crippen molar-refractivity contribution in [1.29, 1.82) is 0 Å². The molecule has 0 unspecified atom stereocenters. The summed E-state index contributed by atoms with van der Waals surface area (Å²) >= 11 is 1.26. The van der Waals surface area contributed by atoms with Gasteiger partial charge in [-0.25, -0.2) is 9.48 Å². The minimum Gasteiger partial charge on any atom is -0.336 e. The Hall–Kier alpha value is -1.64. The first-order chi connectivity index (χ1) is 9.30. The maximum atomic E-state index is 12.2. The van der Waals surface area contributed by atoms with Crippen molar-refractivity contribution < 1.29 is 9.59 Å². The minimum absolute atomic E-state index is 0.228. The van der Waals surface area contributed by atoms with Crippen LogP contribution in [0.25, 0.3) is 0 Å².